The van der Waals surface area contributed by atoms with Crippen LogP contribution in [0.1, 0.15) is 26.2 Å². The maximum Gasteiger partial charge on any atom is 0.0593 e. The van der Waals surface area contributed by atoms with Crippen molar-refractivity contribution < 1.29 is 9.47 Å². The van der Waals surface area contributed by atoms with Gasteiger partial charge in [0.25, 0.3) is 0 Å². The monoisotopic (exact) mass is 244 g/mol. The molecule has 4 nitrogen and oxygen atoms in total. The molecule has 0 aliphatic carbocycles. The molecular formula is C13H28N2O2. The molecule has 1 unspecified atom stereocenters. The van der Waals surface area contributed by atoms with Crippen LogP contribution in [0.5, 0.6) is 0 Å². The van der Waals surface area contributed by atoms with Crippen molar-refractivity contribution in [2.75, 3.05) is 53.1 Å². The standard InChI is InChI=1S/C13H28N2O2/c1-3-7-15(13-5-6-14-12-13)8-11-17-10-4-9-16-2/h13-14H,3-12H2,1-2H3. The fourth-order valence-corrected chi connectivity index (χ4v) is 2.30. The third-order valence-electron chi connectivity index (χ3n) is 3.22. The lowest BCUT2D eigenvalue weighted by molar-refractivity contribution is 0.0742. The zero-order valence-electron chi connectivity index (χ0n) is 11.4. The highest BCUT2D eigenvalue weighted by Gasteiger charge is 2.20. The summed E-state index contributed by atoms with van der Waals surface area (Å²) >= 11 is 0. The first kappa shape index (κ1) is 14.9. The van der Waals surface area contributed by atoms with Gasteiger partial charge in [-0.15, -0.1) is 0 Å². The number of hydrogen-bond donors (Lipinski definition) is 1. The Kier molecular flexibility index (Phi) is 8.61. The van der Waals surface area contributed by atoms with E-state index < -0.39 is 0 Å². The molecule has 4 heteroatoms. The van der Waals surface area contributed by atoms with Crippen molar-refractivity contribution in [3.8, 4) is 0 Å². The lowest BCUT2D eigenvalue weighted by atomic mass is 10.2. The molecule has 1 heterocycles. The van der Waals surface area contributed by atoms with E-state index in [-0.39, 0.29) is 0 Å². The van der Waals surface area contributed by atoms with Crippen molar-refractivity contribution in [3.05, 3.63) is 0 Å². The van der Waals surface area contributed by atoms with E-state index in [4.69, 9.17) is 9.47 Å². The summed E-state index contributed by atoms with van der Waals surface area (Å²) in [5.41, 5.74) is 0. The minimum absolute atomic E-state index is 0.720. The molecule has 0 aromatic rings. The van der Waals surface area contributed by atoms with Gasteiger partial charge in [0.15, 0.2) is 0 Å². The number of rotatable bonds is 10. The molecule has 0 amide bonds. The van der Waals surface area contributed by atoms with Gasteiger partial charge < -0.3 is 14.8 Å². The van der Waals surface area contributed by atoms with E-state index in [0.29, 0.717) is 0 Å². The molecule has 1 fully saturated rings. The maximum absolute atomic E-state index is 5.63. The molecule has 102 valence electrons. The van der Waals surface area contributed by atoms with E-state index in [9.17, 15) is 0 Å². The number of hydrogen-bond acceptors (Lipinski definition) is 4. The molecule has 0 aromatic heterocycles. The summed E-state index contributed by atoms with van der Waals surface area (Å²) in [6.45, 7) is 9.27. The lowest BCUT2D eigenvalue weighted by Gasteiger charge is -2.27. The summed E-state index contributed by atoms with van der Waals surface area (Å²) in [6.07, 6.45) is 3.50. The summed E-state index contributed by atoms with van der Waals surface area (Å²) in [5.74, 6) is 0. The summed E-state index contributed by atoms with van der Waals surface area (Å²) in [6, 6.07) is 0.720. The van der Waals surface area contributed by atoms with Crippen LogP contribution < -0.4 is 5.32 Å². The van der Waals surface area contributed by atoms with E-state index >= 15 is 0 Å². The van der Waals surface area contributed by atoms with Crippen LogP contribution in [-0.2, 0) is 9.47 Å². The average Bonchev–Trinajstić information content (AvgIpc) is 2.86. The van der Waals surface area contributed by atoms with Gasteiger partial charge in [-0.1, -0.05) is 6.92 Å². The van der Waals surface area contributed by atoms with Gasteiger partial charge >= 0.3 is 0 Å². The Hall–Kier alpha value is -0.160. The third-order valence-corrected chi connectivity index (χ3v) is 3.22. The van der Waals surface area contributed by atoms with Crippen LogP contribution in [-0.4, -0.2) is 64.1 Å². The van der Waals surface area contributed by atoms with Gasteiger partial charge in [0.1, 0.15) is 0 Å². The summed E-state index contributed by atoms with van der Waals surface area (Å²) in [7, 11) is 1.73. The molecule has 1 aliphatic rings. The Bertz CT molecular complexity index is 173. The molecule has 0 radical (unpaired) electrons. The number of nitrogens with one attached hydrogen (secondary N) is 1. The van der Waals surface area contributed by atoms with Crippen LogP contribution >= 0.6 is 0 Å². The quantitative estimate of drug-likeness (QED) is 0.584. The minimum Gasteiger partial charge on any atom is -0.385 e. The number of ether oxygens (including phenoxy) is 2. The number of nitrogens with zero attached hydrogens (tertiary/aromatic N) is 1. The summed E-state index contributed by atoms with van der Waals surface area (Å²) < 4.78 is 10.6. The highest BCUT2D eigenvalue weighted by atomic mass is 16.5. The first-order valence-electron chi connectivity index (χ1n) is 6.90. The van der Waals surface area contributed by atoms with Crippen LogP contribution in [0.2, 0.25) is 0 Å². The molecule has 0 aromatic carbocycles. The van der Waals surface area contributed by atoms with Crippen molar-refractivity contribution in [2.24, 2.45) is 0 Å². The normalized spacial score (nSPS) is 20.3. The van der Waals surface area contributed by atoms with Crippen LogP contribution in [0.25, 0.3) is 0 Å². The van der Waals surface area contributed by atoms with Gasteiger partial charge in [0, 0.05) is 39.5 Å². The maximum atomic E-state index is 5.63. The highest BCUT2D eigenvalue weighted by molar-refractivity contribution is 4.80. The second-order valence-electron chi connectivity index (χ2n) is 4.64. The average molecular weight is 244 g/mol. The predicted molar refractivity (Wildman–Crippen MR) is 70.5 cm³/mol. The summed E-state index contributed by atoms with van der Waals surface area (Å²) in [5, 5.41) is 3.43. The molecule has 0 saturated carbocycles. The largest absolute Gasteiger partial charge is 0.385 e. The Morgan fingerprint density at radius 2 is 2.12 bits per heavy atom. The fourth-order valence-electron chi connectivity index (χ4n) is 2.30. The molecule has 1 atom stereocenters. The Morgan fingerprint density at radius 3 is 2.76 bits per heavy atom. The first-order chi connectivity index (χ1) is 8.38. The van der Waals surface area contributed by atoms with Crippen molar-refractivity contribution in [3.63, 3.8) is 0 Å². The topological polar surface area (TPSA) is 33.7 Å². The zero-order chi connectivity index (χ0) is 12.3. The molecule has 1 N–H and O–H groups in total. The van der Waals surface area contributed by atoms with Crippen molar-refractivity contribution in [1.82, 2.24) is 10.2 Å². The van der Waals surface area contributed by atoms with E-state index in [1.165, 1.54) is 25.9 Å². The smallest absolute Gasteiger partial charge is 0.0593 e. The van der Waals surface area contributed by atoms with Crippen molar-refractivity contribution >= 4 is 0 Å². The van der Waals surface area contributed by atoms with E-state index in [2.05, 4.69) is 17.1 Å². The molecule has 1 saturated heterocycles. The molecule has 1 aliphatic heterocycles. The van der Waals surface area contributed by atoms with E-state index in [0.717, 1.165) is 45.4 Å². The molecule has 17 heavy (non-hydrogen) atoms. The minimum atomic E-state index is 0.720. The molecule has 1 rings (SSSR count). The van der Waals surface area contributed by atoms with Gasteiger partial charge in [0.2, 0.25) is 0 Å². The zero-order valence-corrected chi connectivity index (χ0v) is 11.4. The van der Waals surface area contributed by atoms with Crippen LogP contribution in [0.4, 0.5) is 0 Å². The van der Waals surface area contributed by atoms with Crippen molar-refractivity contribution in [1.29, 1.82) is 0 Å². The molecule has 0 bridgehead atoms. The van der Waals surface area contributed by atoms with Gasteiger partial charge in [-0.05, 0) is 32.4 Å². The Balaban J connectivity index is 2.07. The highest BCUT2D eigenvalue weighted by Crippen LogP contribution is 2.08. The Morgan fingerprint density at radius 1 is 1.24 bits per heavy atom. The van der Waals surface area contributed by atoms with Gasteiger partial charge in [0.05, 0.1) is 6.61 Å². The predicted octanol–water partition coefficient (Wildman–Crippen LogP) is 1.11. The van der Waals surface area contributed by atoms with Crippen LogP contribution in [0.15, 0.2) is 0 Å². The Labute approximate surface area is 106 Å². The van der Waals surface area contributed by atoms with Gasteiger partial charge in [-0.3, -0.25) is 4.90 Å². The van der Waals surface area contributed by atoms with Crippen LogP contribution in [0.3, 0.4) is 0 Å². The SMILES string of the molecule is CCCN(CCOCCCOC)C1CCNC1. The van der Waals surface area contributed by atoms with Crippen molar-refractivity contribution in [2.45, 2.75) is 32.2 Å². The van der Waals surface area contributed by atoms with E-state index in [1.54, 1.807) is 7.11 Å². The lowest BCUT2D eigenvalue weighted by Crippen LogP contribution is -2.39. The number of methoxy groups -OCH3 is 1. The van der Waals surface area contributed by atoms with Crippen LogP contribution in [0, 0.1) is 0 Å². The second-order valence-corrected chi connectivity index (χ2v) is 4.64. The molecule has 0 spiro atoms. The van der Waals surface area contributed by atoms with E-state index in [1.807, 2.05) is 0 Å². The van der Waals surface area contributed by atoms with Gasteiger partial charge in [-0.2, -0.15) is 0 Å². The summed E-state index contributed by atoms with van der Waals surface area (Å²) in [4.78, 5) is 2.57. The molecular weight excluding hydrogens is 216 g/mol. The second kappa shape index (κ2) is 9.83. The fraction of sp³-hybridized carbons (Fsp3) is 1.00. The van der Waals surface area contributed by atoms with Gasteiger partial charge in [-0.25, -0.2) is 0 Å². The first-order valence-corrected chi connectivity index (χ1v) is 6.90. The third kappa shape index (κ3) is 6.36.